The molecule has 0 aromatic heterocycles. The first kappa shape index (κ1) is 9.66. The summed E-state index contributed by atoms with van der Waals surface area (Å²) >= 11 is 5.97. The Morgan fingerprint density at radius 3 is 2.79 bits per heavy atom. The lowest BCUT2D eigenvalue weighted by Crippen LogP contribution is -2.45. The van der Waals surface area contributed by atoms with Gasteiger partial charge in [-0.05, 0) is 32.0 Å². The summed E-state index contributed by atoms with van der Waals surface area (Å²) in [5.74, 6) is 0. The van der Waals surface area contributed by atoms with Crippen molar-refractivity contribution in [2.45, 2.75) is 25.9 Å². The van der Waals surface area contributed by atoms with Gasteiger partial charge in [0.15, 0.2) is 0 Å². The number of halogens is 1. The van der Waals surface area contributed by atoms with Crippen LogP contribution in [0.15, 0.2) is 18.2 Å². The van der Waals surface area contributed by atoms with Crippen molar-refractivity contribution in [3.8, 4) is 0 Å². The quantitative estimate of drug-likeness (QED) is 0.708. The summed E-state index contributed by atoms with van der Waals surface area (Å²) in [6.07, 6.45) is 0. The minimum atomic E-state index is 0.466. The van der Waals surface area contributed by atoms with E-state index in [0.29, 0.717) is 12.1 Å². The van der Waals surface area contributed by atoms with Crippen LogP contribution in [0.3, 0.4) is 0 Å². The molecule has 0 aliphatic carbocycles. The van der Waals surface area contributed by atoms with Crippen LogP contribution in [0.4, 0.5) is 11.4 Å². The minimum Gasteiger partial charge on any atom is -0.379 e. The number of nitrogens with one attached hydrogen (secondary N) is 1. The summed E-state index contributed by atoms with van der Waals surface area (Å²) in [5, 5.41) is 4.26. The van der Waals surface area contributed by atoms with Gasteiger partial charge in [0.25, 0.3) is 0 Å². The molecule has 76 valence electrons. The smallest absolute Gasteiger partial charge is 0.0617 e. The summed E-state index contributed by atoms with van der Waals surface area (Å²) in [7, 11) is 2.11. The standard InChI is InChI=1S/C11H15ClN2/c1-7-8(2)14(3)11-6-9(12)4-5-10(11)13-7/h4-8,13H,1-3H3. The number of fused-ring (bicyclic) bond motifs is 1. The maximum atomic E-state index is 5.97. The third kappa shape index (κ3) is 1.44. The van der Waals surface area contributed by atoms with Crippen LogP contribution in [-0.4, -0.2) is 19.1 Å². The van der Waals surface area contributed by atoms with E-state index in [-0.39, 0.29) is 0 Å². The van der Waals surface area contributed by atoms with Crippen LogP contribution in [0.25, 0.3) is 0 Å². The largest absolute Gasteiger partial charge is 0.379 e. The lowest BCUT2D eigenvalue weighted by atomic mass is 10.0. The third-order valence-corrected chi connectivity index (χ3v) is 3.29. The van der Waals surface area contributed by atoms with E-state index in [0.717, 1.165) is 5.02 Å². The van der Waals surface area contributed by atoms with Crippen molar-refractivity contribution in [1.82, 2.24) is 0 Å². The molecule has 3 heteroatoms. The number of benzene rings is 1. The summed E-state index contributed by atoms with van der Waals surface area (Å²) in [5.41, 5.74) is 2.35. The molecule has 1 aliphatic rings. The molecule has 1 heterocycles. The SMILES string of the molecule is CC1Nc2ccc(Cl)cc2N(C)C1C. The van der Waals surface area contributed by atoms with Crippen molar-refractivity contribution in [2.75, 3.05) is 17.3 Å². The number of hydrogen-bond donors (Lipinski definition) is 1. The summed E-state index contributed by atoms with van der Waals surface area (Å²) in [4.78, 5) is 2.27. The molecule has 0 radical (unpaired) electrons. The van der Waals surface area contributed by atoms with E-state index in [9.17, 15) is 0 Å². The Balaban J connectivity index is 2.46. The highest BCUT2D eigenvalue weighted by molar-refractivity contribution is 6.31. The van der Waals surface area contributed by atoms with Crippen LogP contribution in [0.2, 0.25) is 5.02 Å². The Morgan fingerprint density at radius 2 is 2.07 bits per heavy atom. The molecular formula is C11H15ClN2. The second-order valence-electron chi connectivity index (χ2n) is 3.95. The molecule has 1 aliphatic heterocycles. The molecule has 0 saturated carbocycles. The molecule has 2 unspecified atom stereocenters. The summed E-state index contributed by atoms with van der Waals surface area (Å²) in [6, 6.07) is 6.92. The zero-order valence-corrected chi connectivity index (χ0v) is 9.47. The van der Waals surface area contributed by atoms with Crippen LogP contribution < -0.4 is 10.2 Å². The molecule has 0 fully saturated rings. The van der Waals surface area contributed by atoms with E-state index < -0.39 is 0 Å². The van der Waals surface area contributed by atoms with E-state index in [1.165, 1.54) is 11.4 Å². The monoisotopic (exact) mass is 210 g/mol. The van der Waals surface area contributed by atoms with Gasteiger partial charge in [-0.25, -0.2) is 0 Å². The molecule has 1 aromatic rings. The Kier molecular flexibility index (Phi) is 2.31. The van der Waals surface area contributed by atoms with Gasteiger partial charge in [-0.2, -0.15) is 0 Å². The van der Waals surface area contributed by atoms with Gasteiger partial charge in [0.2, 0.25) is 0 Å². The van der Waals surface area contributed by atoms with Crippen molar-refractivity contribution in [3.05, 3.63) is 23.2 Å². The topological polar surface area (TPSA) is 15.3 Å². The Morgan fingerprint density at radius 1 is 1.36 bits per heavy atom. The summed E-state index contributed by atoms with van der Waals surface area (Å²) < 4.78 is 0. The molecule has 1 N–H and O–H groups in total. The molecule has 14 heavy (non-hydrogen) atoms. The van der Waals surface area contributed by atoms with Gasteiger partial charge in [-0.1, -0.05) is 11.6 Å². The van der Waals surface area contributed by atoms with Gasteiger partial charge in [0, 0.05) is 24.2 Å². The first-order valence-corrected chi connectivity index (χ1v) is 5.26. The molecule has 2 rings (SSSR count). The van der Waals surface area contributed by atoms with Gasteiger partial charge in [-0.3, -0.25) is 0 Å². The highest BCUT2D eigenvalue weighted by Crippen LogP contribution is 2.34. The molecular weight excluding hydrogens is 196 g/mol. The van der Waals surface area contributed by atoms with E-state index in [1.54, 1.807) is 0 Å². The normalized spacial score (nSPS) is 25.6. The number of anilines is 2. The zero-order chi connectivity index (χ0) is 10.3. The summed E-state index contributed by atoms with van der Waals surface area (Å²) in [6.45, 7) is 4.40. The van der Waals surface area contributed by atoms with Crippen molar-refractivity contribution in [3.63, 3.8) is 0 Å². The van der Waals surface area contributed by atoms with E-state index in [2.05, 4.69) is 31.1 Å². The molecule has 1 aromatic carbocycles. The Bertz CT molecular complexity index is 351. The average molecular weight is 211 g/mol. The highest BCUT2D eigenvalue weighted by Gasteiger charge is 2.25. The van der Waals surface area contributed by atoms with E-state index in [1.807, 2.05) is 18.2 Å². The average Bonchev–Trinajstić information content (AvgIpc) is 2.16. The number of hydrogen-bond acceptors (Lipinski definition) is 2. The van der Waals surface area contributed by atoms with E-state index in [4.69, 9.17) is 11.6 Å². The Labute approximate surface area is 89.9 Å². The molecule has 0 amide bonds. The zero-order valence-electron chi connectivity index (χ0n) is 8.71. The van der Waals surface area contributed by atoms with Crippen molar-refractivity contribution < 1.29 is 0 Å². The van der Waals surface area contributed by atoms with Crippen molar-refractivity contribution in [1.29, 1.82) is 0 Å². The van der Waals surface area contributed by atoms with Gasteiger partial charge < -0.3 is 10.2 Å². The lowest BCUT2D eigenvalue weighted by Gasteiger charge is -2.39. The van der Waals surface area contributed by atoms with Gasteiger partial charge in [-0.15, -0.1) is 0 Å². The molecule has 2 nitrogen and oxygen atoms in total. The third-order valence-electron chi connectivity index (χ3n) is 3.06. The molecule has 2 atom stereocenters. The predicted molar refractivity (Wildman–Crippen MR) is 62.4 cm³/mol. The number of nitrogens with zero attached hydrogens (tertiary/aromatic N) is 1. The lowest BCUT2D eigenvalue weighted by molar-refractivity contribution is 0.587. The Hall–Kier alpha value is -0.890. The van der Waals surface area contributed by atoms with Crippen LogP contribution in [0.5, 0.6) is 0 Å². The predicted octanol–water partition coefficient (Wildman–Crippen LogP) is 2.98. The van der Waals surface area contributed by atoms with Gasteiger partial charge >= 0.3 is 0 Å². The van der Waals surface area contributed by atoms with E-state index >= 15 is 0 Å². The van der Waals surface area contributed by atoms with Crippen LogP contribution in [-0.2, 0) is 0 Å². The fraction of sp³-hybridized carbons (Fsp3) is 0.455. The first-order chi connectivity index (χ1) is 6.59. The molecule has 0 bridgehead atoms. The second kappa shape index (κ2) is 3.35. The minimum absolute atomic E-state index is 0.466. The van der Waals surface area contributed by atoms with Gasteiger partial charge in [0.05, 0.1) is 11.4 Å². The van der Waals surface area contributed by atoms with Crippen molar-refractivity contribution >= 4 is 23.0 Å². The maximum Gasteiger partial charge on any atom is 0.0617 e. The highest BCUT2D eigenvalue weighted by atomic mass is 35.5. The second-order valence-corrected chi connectivity index (χ2v) is 4.38. The number of likely N-dealkylation sites (N-methyl/N-ethyl adjacent to an activating group) is 1. The van der Waals surface area contributed by atoms with Crippen LogP contribution >= 0.6 is 11.6 Å². The fourth-order valence-electron chi connectivity index (χ4n) is 1.84. The van der Waals surface area contributed by atoms with Crippen LogP contribution in [0, 0.1) is 0 Å². The van der Waals surface area contributed by atoms with Crippen LogP contribution in [0.1, 0.15) is 13.8 Å². The van der Waals surface area contributed by atoms with Gasteiger partial charge in [0.1, 0.15) is 0 Å². The molecule has 0 saturated heterocycles. The maximum absolute atomic E-state index is 5.97. The van der Waals surface area contributed by atoms with Crippen molar-refractivity contribution in [2.24, 2.45) is 0 Å². The first-order valence-electron chi connectivity index (χ1n) is 4.88. The number of rotatable bonds is 0. The molecule has 0 spiro atoms. The fourth-order valence-corrected chi connectivity index (χ4v) is 2.01.